The van der Waals surface area contributed by atoms with E-state index in [0.29, 0.717) is 0 Å². The molecule has 0 atom stereocenters. The van der Waals surface area contributed by atoms with Gasteiger partial charge in [0.05, 0.1) is 12.2 Å². The van der Waals surface area contributed by atoms with Gasteiger partial charge in [-0.25, -0.2) is 4.57 Å². The van der Waals surface area contributed by atoms with E-state index in [1.54, 1.807) is 27.7 Å². The average molecular weight is 220 g/mol. The van der Waals surface area contributed by atoms with Crippen LogP contribution in [0.5, 0.6) is 0 Å². The predicted molar refractivity (Wildman–Crippen MR) is 54.9 cm³/mol. The first-order valence-corrected chi connectivity index (χ1v) is 6.01. The molecule has 0 fully saturated rings. The van der Waals surface area contributed by atoms with Crippen molar-refractivity contribution in [3.8, 4) is 11.6 Å². The summed E-state index contributed by atoms with van der Waals surface area (Å²) in [6, 6.07) is 0. The van der Waals surface area contributed by atoms with Crippen LogP contribution in [-0.2, 0) is 13.6 Å². The maximum absolute atomic E-state index is 11.9. The zero-order chi connectivity index (χ0) is 11.2. The summed E-state index contributed by atoms with van der Waals surface area (Å²) in [7, 11) is -3.37. The van der Waals surface area contributed by atoms with Crippen LogP contribution in [0, 0.1) is 11.6 Å². The molecule has 5 heteroatoms. The molecule has 4 nitrogen and oxygen atoms in total. The Morgan fingerprint density at radius 3 is 1.93 bits per heavy atom. The van der Waals surface area contributed by atoms with Crippen LogP contribution in [-0.4, -0.2) is 23.9 Å². The Morgan fingerprint density at radius 1 is 1.21 bits per heavy atom. The van der Waals surface area contributed by atoms with Gasteiger partial charge >= 0.3 is 7.60 Å². The highest BCUT2D eigenvalue weighted by Gasteiger charge is 2.24. The highest BCUT2D eigenvalue weighted by Crippen LogP contribution is 2.49. The molecule has 1 N–H and O–H groups in total. The summed E-state index contributed by atoms with van der Waals surface area (Å²) in [6.07, 6.45) is -0.458. The van der Waals surface area contributed by atoms with Gasteiger partial charge in [-0.2, -0.15) is 0 Å². The fourth-order valence-electron chi connectivity index (χ4n) is 0.765. The van der Waals surface area contributed by atoms with Gasteiger partial charge in [0, 0.05) is 5.66 Å². The lowest BCUT2D eigenvalue weighted by Crippen LogP contribution is -2.06. The van der Waals surface area contributed by atoms with Crippen LogP contribution in [0.1, 0.15) is 27.7 Å². The van der Waals surface area contributed by atoms with Crippen LogP contribution < -0.4 is 0 Å². The van der Waals surface area contributed by atoms with E-state index in [4.69, 9.17) is 14.2 Å². The maximum Gasteiger partial charge on any atom is 0.406 e. The Bertz CT molecular complexity index is 248. The van der Waals surface area contributed by atoms with Crippen LogP contribution >= 0.6 is 7.60 Å². The van der Waals surface area contributed by atoms with E-state index in [9.17, 15) is 4.57 Å². The first-order valence-electron chi connectivity index (χ1n) is 4.47. The van der Waals surface area contributed by atoms with Crippen molar-refractivity contribution in [3.63, 3.8) is 0 Å². The van der Waals surface area contributed by atoms with E-state index in [2.05, 4.69) is 11.6 Å². The van der Waals surface area contributed by atoms with Gasteiger partial charge in [0.15, 0.2) is 0 Å². The summed E-state index contributed by atoms with van der Waals surface area (Å²) in [5.41, 5.74) is 2.32. The van der Waals surface area contributed by atoms with Crippen molar-refractivity contribution < 1.29 is 18.7 Å². The van der Waals surface area contributed by atoms with Crippen molar-refractivity contribution in [2.75, 3.05) is 6.61 Å². The third kappa shape index (κ3) is 6.17. The summed E-state index contributed by atoms with van der Waals surface area (Å²) >= 11 is 0. The lowest BCUT2D eigenvalue weighted by atomic mass is 10.5. The molecule has 0 aromatic rings. The number of hydrogen-bond donors (Lipinski definition) is 1. The second-order valence-corrected chi connectivity index (χ2v) is 4.89. The molecule has 0 saturated heterocycles. The van der Waals surface area contributed by atoms with E-state index < -0.39 is 7.60 Å². The van der Waals surface area contributed by atoms with E-state index >= 15 is 0 Å². The molecule has 0 spiro atoms. The van der Waals surface area contributed by atoms with E-state index in [0.717, 1.165) is 0 Å². The van der Waals surface area contributed by atoms with Crippen LogP contribution in [0.15, 0.2) is 0 Å². The van der Waals surface area contributed by atoms with Gasteiger partial charge in [0.25, 0.3) is 0 Å². The topological polar surface area (TPSA) is 55.8 Å². The van der Waals surface area contributed by atoms with Crippen molar-refractivity contribution in [1.29, 1.82) is 0 Å². The van der Waals surface area contributed by atoms with Gasteiger partial charge in [-0.3, -0.25) is 9.05 Å². The monoisotopic (exact) mass is 220 g/mol. The van der Waals surface area contributed by atoms with E-state index in [1.807, 2.05) is 0 Å². The highest BCUT2D eigenvalue weighted by molar-refractivity contribution is 7.59. The van der Waals surface area contributed by atoms with Crippen LogP contribution in [0.4, 0.5) is 0 Å². The van der Waals surface area contributed by atoms with Gasteiger partial charge in [-0.1, -0.05) is 5.92 Å². The lowest BCUT2D eigenvalue weighted by molar-refractivity contribution is 0.150. The normalized spacial score (nSPS) is 11.6. The molecule has 0 bridgehead atoms. The molecule has 0 aromatic carbocycles. The van der Waals surface area contributed by atoms with Gasteiger partial charge < -0.3 is 5.11 Å². The summed E-state index contributed by atoms with van der Waals surface area (Å²) < 4.78 is 22.1. The second kappa shape index (κ2) is 6.21. The Kier molecular flexibility index (Phi) is 6.06. The quantitative estimate of drug-likeness (QED) is 0.581. The van der Waals surface area contributed by atoms with Crippen LogP contribution in [0.25, 0.3) is 0 Å². The zero-order valence-electron chi connectivity index (χ0n) is 8.98. The molecule has 0 heterocycles. The lowest BCUT2D eigenvalue weighted by Gasteiger charge is -2.17. The molecule has 0 aliphatic carbocycles. The fraction of sp³-hybridized carbons (Fsp3) is 0.778. The van der Waals surface area contributed by atoms with Crippen molar-refractivity contribution in [2.24, 2.45) is 0 Å². The Hall–Kier alpha value is -0.330. The smallest absolute Gasteiger partial charge is 0.384 e. The van der Waals surface area contributed by atoms with Gasteiger partial charge in [-0.15, -0.1) is 0 Å². The molecule has 14 heavy (non-hydrogen) atoms. The minimum absolute atomic E-state index is 0.229. The fourth-order valence-corrected chi connectivity index (χ4v) is 2.29. The molecular formula is C9H17O4P. The Balaban J connectivity index is 4.58. The molecule has 0 saturated carbocycles. The van der Waals surface area contributed by atoms with Gasteiger partial charge in [0.2, 0.25) is 0 Å². The Morgan fingerprint density at radius 2 is 1.64 bits per heavy atom. The number of aliphatic hydroxyl groups excluding tert-OH is 1. The molecule has 0 amide bonds. The molecule has 0 unspecified atom stereocenters. The minimum atomic E-state index is -3.37. The second-order valence-electron chi connectivity index (χ2n) is 3.25. The summed E-state index contributed by atoms with van der Waals surface area (Å²) in [4.78, 5) is 0. The van der Waals surface area contributed by atoms with Crippen molar-refractivity contribution in [2.45, 2.75) is 39.9 Å². The van der Waals surface area contributed by atoms with Gasteiger partial charge in [0.1, 0.15) is 6.61 Å². The number of aliphatic hydroxyl groups is 1. The van der Waals surface area contributed by atoms with Crippen molar-refractivity contribution in [3.05, 3.63) is 0 Å². The molecule has 0 aromatic heterocycles. The Labute approximate surface area is 85.1 Å². The summed E-state index contributed by atoms with van der Waals surface area (Å²) in [5, 5.41) is 8.49. The zero-order valence-corrected chi connectivity index (χ0v) is 9.88. The molecular weight excluding hydrogens is 203 g/mol. The third-order valence-corrected chi connectivity index (χ3v) is 2.82. The standard InChI is InChI=1S/C9H17O4P/c1-8(2)12-14(11,7-5-6-10)13-9(3)4/h8-10H,6H2,1-4H3. The highest BCUT2D eigenvalue weighted by atomic mass is 31.2. The predicted octanol–water partition coefficient (Wildman–Crippen LogP) is 1.98. The van der Waals surface area contributed by atoms with Gasteiger partial charge in [-0.05, 0) is 27.7 Å². The summed E-state index contributed by atoms with van der Waals surface area (Å²) in [5.74, 6) is 2.29. The molecule has 0 aliphatic rings. The minimum Gasteiger partial charge on any atom is -0.384 e. The van der Waals surface area contributed by atoms with E-state index in [1.165, 1.54) is 0 Å². The largest absolute Gasteiger partial charge is 0.406 e. The first-order chi connectivity index (χ1) is 6.39. The molecule has 0 radical (unpaired) electrons. The van der Waals surface area contributed by atoms with Crippen LogP contribution in [0.2, 0.25) is 0 Å². The summed E-state index contributed by atoms with van der Waals surface area (Å²) in [6.45, 7) is 6.63. The molecule has 0 rings (SSSR count). The van der Waals surface area contributed by atoms with Crippen molar-refractivity contribution >= 4 is 7.60 Å². The van der Waals surface area contributed by atoms with E-state index in [-0.39, 0.29) is 18.8 Å². The molecule has 82 valence electrons. The number of hydrogen-bond acceptors (Lipinski definition) is 4. The molecule has 0 aliphatic heterocycles. The first kappa shape index (κ1) is 13.7. The average Bonchev–Trinajstić information content (AvgIpc) is 1.97. The van der Waals surface area contributed by atoms with Crippen LogP contribution in [0.3, 0.4) is 0 Å². The SMILES string of the molecule is CC(C)OP(=O)(C#CCO)OC(C)C. The maximum atomic E-state index is 11.9. The van der Waals surface area contributed by atoms with Crippen molar-refractivity contribution in [1.82, 2.24) is 0 Å². The number of rotatable bonds is 4. The third-order valence-electron chi connectivity index (χ3n) is 0.994.